The standard InChI is InChI=1S/C25H31NO2/c1-16(26-22-11-9-8-10-19(22)23(27)28-7)20-14-17(24(2,3)4)15-21-18(20)12-13-25(21,5)6/h8-11,14-15H,12-13H2,1-7H3. The lowest BCUT2D eigenvalue weighted by Crippen LogP contribution is -2.18. The molecule has 0 bridgehead atoms. The zero-order chi connectivity index (χ0) is 20.7. The number of hydrogen-bond donors (Lipinski definition) is 0. The Balaban J connectivity index is 2.18. The zero-order valence-corrected chi connectivity index (χ0v) is 18.1. The van der Waals surface area contributed by atoms with Crippen LogP contribution < -0.4 is 0 Å². The Bertz CT molecular complexity index is 946. The second kappa shape index (κ2) is 7.20. The molecule has 3 nitrogen and oxygen atoms in total. The van der Waals surface area contributed by atoms with Crippen molar-refractivity contribution in [3.8, 4) is 0 Å². The van der Waals surface area contributed by atoms with Gasteiger partial charge in [0.25, 0.3) is 0 Å². The van der Waals surface area contributed by atoms with Crippen LogP contribution in [0.5, 0.6) is 0 Å². The maximum Gasteiger partial charge on any atom is 0.340 e. The monoisotopic (exact) mass is 377 g/mol. The average Bonchev–Trinajstić information content (AvgIpc) is 2.95. The number of hydrogen-bond acceptors (Lipinski definition) is 3. The van der Waals surface area contributed by atoms with Crippen molar-refractivity contribution < 1.29 is 9.53 Å². The molecule has 3 heteroatoms. The number of nitrogens with zero attached hydrogens (tertiary/aromatic N) is 1. The summed E-state index contributed by atoms with van der Waals surface area (Å²) in [5.41, 5.74) is 7.69. The zero-order valence-electron chi connectivity index (χ0n) is 18.1. The van der Waals surface area contributed by atoms with E-state index in [-0.39, 0.29) is 16.8 Å². The van der Waals surface area contributed by atoms with Gasteiger partial charge < -0.3 is 4.74 Å². The van der Waals surface area contributed by atoms with Crippen molar-refractivity contribution in [3.63, 3.8) is 0 Å². The van der Waals surface area contributed by atoms with Gasteiger partial charge in [0.15, 0.2) is 0 Å². The quantitative estimate of drug-likeness (QED) is 0.476. The second-order valence-electron chi connectivity index (χ2n) is 9.39. The molecule has 2 aromatic carbocycles. The average molecular weight is 378 g/mol. The number of ether oxygens (including phenoxy) is 1. The number of benzene rings is 2. The van der Waals surface area contributed by atoms with Crippen molar-refractivity contribution in [2.24, 2.45) is 4.99 Å². The van der Waals surface area contributed by atoms with Crippen LogP contribution in [0.3, 0.4) is 0 Å². The Hall–Kier alpha value is -2.42. The third-order valence-electron chi connectivity index (χ3n) is 5.83. The lowest BCUT2D eigenvalue weighted by Gasteiger charge is -2.26. The minimum Gasteiger partial charge on any atom is -0.465 e. The highest BCUT2D eigenvalue weighted by Gasteiger charge is 2.33. The third kappa shape index (κ3) is 3.76. The summed E-state index contributed by atoms with van der Waals surface area (Å²) in [6.45, 7) is 13.4. The maximum absolute atomic E-state index is 12.1. The lowest BCUT2D eigenvalue weighted by atomic mass is 9.79. The first kappa shape index (κ1) is 20.3. The van der Waals surface area contributed by atoms with Crippen molar-refractivity contribution in [2.75, 3.05) is 7.11 Å². The summed E-state index contributed by atoms with van der Waals surface area (Å²) in [7, 11) is 1.40. The molecule has 2 aromatic rings. The molecule has 28 heavy (non-hydrogen) atoms. The van der Waals surface area contributed by atoms with Crippen LogP contribution in [0.15, 0.2) is 41.4 Å². The number of rotatable bonds is 3. The Morgan fingerprint density at radius 2 is 1.79 bits per heavy atom. The molecule has 0 saturated heterocycles. The van der Waals surface area contributed by atoms with Crippen molar-refractivity contribution >= 4 is 17.4 Å². The fourth-order valence-corrected chi connectivity index (χ4v) is 3.97. The van der Waals surface area contributed by atoms with Gasteiger partial charge in [-0.3, -0.25) is 4.99 Å². The molecule has 0 heterocycles. The number of para-hydroxylation sites is 1. The van der Waals surface area contributed by atoms with E-state index in [1.54, 1.807) is 6.07 Å². The summed E-state index contributed by atoms with van der Waals surface area (Å²) in [6, 6.07) is 12.0. The van der Waals surface area contributed by atoms with Crippen LogP contribution in [-0.2, 0) is 22.0 Å². The molecule has 0 unspecified atom stereocenters. The van der Waals surface area contributed by atoms with Gasteiger partial charge in [0, 0.05) is 5.71 Å². The van der Waals surface area contributed by atoms with Crippen LogP contribution >= 0.6 is 0 Å². The molecule has 1 aliphatic carbocycles. The number of fused-ring (bicyclic) bond motifs is 1. The summed E-state index contributed by atoms with van der Waals surface area (Å²) >= 11 is 0. The van der Waals surface area contributed by atoms with Crippen LogP contribution in [0.1, 0.15) is 80.6 Å². The van der Waals surface area contributed by atoms with Crippen molar-refractivity contribution in [3.05, 3.63) is 64.2 Å². The molecule has 0 saturated carbocycles. The van der Waals surface area contributed by atoms with E-state index in [0.717, 1.165) is 18.6 Å². The van der Waals surface area contributed by atoms with Gasteiger partial charge in [-0.1, -0.05) is 52.8 Å². The summed E-state index contributed by atoms with van der Waals surface area (Å²) in [6.07, 6.45) is 2.21. The van der Waals surface area contributed by atoms with Gasteiger partial charge in [-0.2, -0.15) is 0 Å². The lowest BCUT2D eigenvalue weighted by molar-refractivity contribution is 0.0601. The predicted molar refractivity (Wildman–Crippen MR) is 116 cm³/mol. The molecule has 0 aromatic heterocycles. The summed E-state index contributed by atoms with van der Waals surface area (Å²) in [5, 5.41) is 0. The second-order valence-corrected chi connectivity index (χ2v) is 9.39. The molecule has 0 fully saturated rings. The Morgan fingerprint density at radius 3 is 2.43 bits per heavy atom. The van der Waals surface area contributed by atoms with Gasteiger partial charge >= 0.3 is 5.97 Å². The molecule has 148 valence electrons. The molecular formula is C25H31NO2. The first-order chi connectivity index (χ1) is 13.0. The summed E-state index contributed by atoms with van der Waals surface area (Å²) in [5.74, 6) is -0.359. The van der Waals surface area contributed by atoms with Crippen LogP contribution in [0, 0.1) is 0 Å². The minimum atomic E-state index is -0.359. The smallest absolute Gasteiger partial charge is 0.340 e. The molecule has 1 aliphatic rings. The summed E-state index contributed by atoms with van der Waals surface area (Å²) < 4.78 is 4.92. The molecule has 0 radical (unpaired) electrons. The van der Waals surface area contributed by atoms with E-state index in [2.05, 4.69) is 46.8 Å². The fourth-order valence-electron chi connectivity index (χ4n) is 3.97. The minimum absolute atomic E-state index is 0.0622. The largest absolute Gasteiger partial charge is 0.465 e. The highest BCUT2D eigenvalue weighted by atomic mass is 16.5. The number of carbonyl (C=O) groups excluding carboxylic acids is 1. The SMILES string of the molecule is COC(=O)c1ccccc1N=C(C)c1cc(C(C)(C)C)cc2c1CCC2(C)C. The molecule has 0 aliphatic heterocycles. The number of carbonyl (C=O) groups is 1. The van der Waals surface area contributed by atoms with Gasteiger partial charge in [-0.05, 0) is 71.0 Å². The van der Waals surface area contributed by atoms with Crippen LogP contribution in [-0.4, -0.2) is 18.8 Å². The van der Waals surface area contributed by atoms with Crippen molar-refractivity contribution in [1.29, 1.82) is 0 Å². The van der Waals surface area contributed by atoms with E-state index in [9.17, 15) is 4.79 Å². The van der Waals surface area contributed by atoms with E-state index < -0.39 is 0 Å². The molecule has 3 rings (SSSR count). The normalized spacial score (nSPS) is 16.0. The van der Waals surface area contributed by atoms with Crippen LogP contribution in [0.25, 0.3) is 0 Å². The number of esters is 1. The first-order valence-corrected chi connectivity index (χ1v) is 9.95. The highest BCUT2D eigenvalue weighted by Crippen LogP contribution is 2.42. The van der Waals surface area contributed by atoms with E-state index in [1.165, 1.54) is 29.4 Å². The maximum atomic E-state index is 12.1. The van der Waals surface area contributed by atoms with Crippen LogP contribution in [0.2, 0.25) is 0 Å². The predicted octanol–water partition coefficient (Wildman–Crippen LogP) is 6.14. The van der Waals surface area contributed by atoms with Crippen LogP contribution in [0.4, 0.5) is 5.69 Å². The van der Waals surface area contributed by atoms with Gasteiger partial charge in [0.1, 0.15) is 0 Å². The Kier molecular flexibility index (Phi) is 5.22. The molecular weight excluding hydrogens is 346 g/mol. The fraction of sp³-hybridized carbons (Fsp3) is 0.440. The van der Waals surface area contributed by atoms with E-state index in [0.29, 0.717) is 11.3 Å². The number of methoxy groups -OCH3 is 1. The van der Waals surface area contributed by atoms with Gasteiger partial charge in [0.05, 0.1) is 18.4 Å². The third-order valence-corrected chi connectivity index (χ3v) is 5.83. The van der Waals surface area contributed by atoms with Gasteiger partial charge in [-0.15, -0.1) is 0 Å². The molecule has 0 amide bonds. The number of aliphatic imine (C=N–C) groups is 1. The molecule has 0 N–H and O–H groups in total. The van der Waals surface area contributed by atoms with Gasteiger partial charge in [-0.25, -0.2) is 4.79 Å². The van der Waals surface area contributed by atoms with Crippen molar-refractivity contribution in [1.82, 2.24) is 0 Å². The van der Waals surface area contributed by atoms with E-state index >= 15 is 0 Å². The van der Waals surface area contributed by atoms with E-state index in [4.69, 9.17) is 9.73 Å². The topological polar surface area (TPSA) is 38.7 Å². The molecule has 0 spiro atoms. The van der Waals surface area contributed by atoms with E-state index in [1.807, 2.05) is 25.1 Å². The highest BCUT2D eigenvalue weighted by molar-refractivity contribution is 6.04. The van der Waals surface area contributed by atoms with Crippen molar-refractivity contribution in [2.45, 2.75) is 65.2 Å². The molecule has 0 atom stereocenters. The summed E-state index contributed by atoms with van der Waals surface area (Å²) in [4.78, 5) is 17.0. The Labute approximate surface area is 168 Å². The Morgan fingerprint density at radius 1 is 1.11 bits per heavy atom. The van der Waals surface area contributed by atoms with Gasteiger partial charge in [0.2, 0.25) is 0 Å². The first-order valence-electron chi connectivity index (χ1n) is 9.95.